The molecule has 8 heteroatoms. The number of hydrogen-bond donors (Lipinski definition) is 2. The minimum atomic E-state index is -0.288. The number of nitrogens with one attached hydrogen (secondary N) is 2. The van der Waals surface area contributed by atoms with E-state index >= 15 is 0 Å². The quantitative estimate of drug-likeness (QED) is 0.795. The van der Waals surface area contributed by atoms with Gasteiger partial charge in [-0.3, -0.25) is 14.8 Å². The summed E-state index contributed by atoms with van der Waals surface area (Å²) in [5.41, 5.74) is 2.38. The third-order valence-electron chi connectivity index (χ3n) is 4.60. The Kier molecular flexibility index (Phi) is 6.78. The number of aromatic nitrogens is 2. The highest BCUT2D eigenvalue weighted by atomic mass is 16.6. The van der Waals surface area contributed by atoms with Crippen molar-refractivity contribution < 1.29 is 14.3 Å². The molecule has 1 aliphatic heterocycles. The lowest BCUT2D eigenvalue weighted by Gasteiger charge is -2.31. The zero-order valence-electron chi connectivity index (χ0n) is 15.9. The molecule has 1 saturated heterocycles. The number of hydrogen-bond acceptors (Lipinski definition) is 6. The Labute approximate surface area is 164 Å². The minimum absolute atomic E-state index is 0.0339. The van der Waals surface area contributed by atoms with E-state index in [1.54, 1.807) is 42.7 Å². The zero-order valence-corrected chi connectivity index (χ0v) is 15.9. The molecule has 0 unspecified atom stereocenters. The molecule has 0 spiro atoms. The zero-order chi connectivity index (χ0) is 19.8. The van der Waals surface area contributed by atoms with Gasteiger partial charge in [0.15, 0.2) is 0 Å². The molecule has 0 bridgehead atoms. The molecular weight excluding hydrogens is 358 g/mol. The van der Waals surface area contributed by atoms with Crippen molar-refractivity contribution in [3.8, 4) is 0 Å². The Bertz CT molecular complexity index is 791. The summed E-state index contributed by atoms with van der Waals surface area (Å²) in [6, 6.07) is 5.68. The maximum absolute atomic E-state index is 12.6. The lowest BCUT2D eigenvalue weighted by atomic mass is 10.0. The number of rotatable bonds is 6. The van der Waals surface area contributed by atoms with Gasteiger partial charge in [0.25, 0.3) is 5.91 Å². The van der Waals surface area contributed by atoms with E-state index in [1.807, 2.05) is 12.1 Å². The third kappa shape index (κ3) is 5.42. The van der Waals surface area contributed by atoms with E-state index in [0.29, 0.717) is 44.6 Å². The molecule has 0 radical (unpaired) electrons. The van der Waals surface area contributed by atoms with Crippen LogP contribution < -0.4 is 10.6 Å². The first kappa shape index (κ1) is 19.6. The SMILES string of the molecule is CCOC(=O)N1CCC(NC(=O)c2cncc(NCc3ccncc3)c2)CC1. The number of nitrogens with zero attached hydrogens (tertiary/aromatic N) is 3. The largest absolute Gasteiger partial charge is 0.450 e. The van der Waals surface area contributed by atoms with Gasteiger partial charge in [0.2, 0.25) is 0 Å². The number of carbonyl (C=O) groups is 2. The van der Waals surface area contributed by atoms with Gasteiger partial charge in [-0.25, -0.2) is 4.79 Å². The fourth-order valence-corrected chi connectivity index (χ4v) is 3.06. The molecule has 0 atom stereocenters. The smallest absolute Gasteiger partial charge is 0.409 e. The van der Waals surface area contributed by atoms with Gasteiger partial charge in [0.1, 0.15) is 0 Å². The van der Waals surface area contributed by atoms with E-state index in [1.165, 1.54) is 0 Å². The molecule has 3 heterocycles. The second-order valence-electron chi connectivity index (χ2n) is 6.61. The second-order valence-corrected chi connectivity index (χ2v) is 6.61. The van der Waals surface area contributed by atoms with Crippen molar-refractivity contribution in [3.63, 3.8) is 0 Å². The topological polar surface area (TPSA) is 96.5 Å². The normalized spacial score (nSPS) is 14.4. The molecular formula is C20H25N5O3. The van der Waals surface area contributed by atoms with Crippen molar-refractivity contribution in [1.29, 1.82) is 0 Å². The lowest BCUT2D eigenvalue weighted by Crippen LogP contribution is -2.46. The summed E-state index contributed by atoms with van der Waals surface area (Å²) in [6.07, 6.45) is 7.86. The standard InChI is InChI=1S/C20H25N5O3/c1-2-28-20(27)25-9-5-17(6-10-25)24-19(26)16-11-18(14-22-13-16)23-12-15-3-7-21-8-4-15/h3-4,7-8,11,13-14,17,23H,2,5-6,9-10,12H2,1H3,(H,24,26). The number of carbonyl (C=O) groups excluding carboxylic acids is 2. The van der Waals surface area contributed by atoms with E-state index in [0.717, 1.165) is 11.3 Å². The van der Waals surface area contributed by atoms with Crippen LogP contribution in [0.5, 0.6) is 0 Å². The molecule has 0 aromatic carbocycles. The average molecular weight is 383 g/mol. The van der Waals surface area contributed by atoms with Crippen LogP contribution in [0, 0.1) is 0 Å². The van der Waals surface area contributed by atoms with Crippen LogP contribution in [-0.2, 0) is 11.3 Å². The van der Waals surface area contributed by atoms with E-state index in [-0.39, 0.29) is 18.0 Å². The molecule has 0 aliphatic carbocycles. The number of likely N-dealkylation sites (tertiary alicyclic amines) is 1. The molecule has 2 N–H and O–H groups in total. The van der Waals surface area contributed by atoms with Gasteiger partial charge in [-0.05, 0) is 43.5 Å². The Hall–Kier alpha value is -3.16. The molecule has 28 heavy (non-hydrogen) atoms. The van der Waals surface area contributed by atoms with Crippen LogP contribution in [0.4, 0.5) is 10.5 Å². The molecule has 2 aromatic heterocycles. The van der Waals surface area contributed by atoms with E-state index in [9.17, 15) is 9.59 Å². The average Bonchev–Trinajstić information content (AvgIpc) is 2.74. The van der Waals surface area contributed by atoms with Crippen LogP contribution in [0.3, 0.4) is 0 Å². The lowest BCUT2D eigenvalue weighted by molar-refractivity contribution is 0.0860. The predicted octanol–water partition coefficient (Wildman–Crippen LogP) is 2.44. The van der Waals surface area contributed by atoms with Gasteiger partial charge in [-0.1, -0.05) is 0 Å². The van der Waals surface area contributed by atoms with Gasteiger partial charge >= 0.3 is 6.09 Å². The number of amides is 2. The highest BCUT2D eigenvalue weighted by Gasteiger charge is 2.24. The summed E-state index contributed by atoms with van der Waals surface area (Å²) in [5, 5.41) is 6.30. The molecule has 1 aliphatic rings. The minimum Gasteiger partial charge on any atom is -0.450 e. The van der Waals surface area contributed by atoms with E-state index < -0.39 is 0 Å². The highest BCUT2D eigenvalue weighted by Crippen LogP contribution is 2.14. The van der Waals surface area contributed by atoms with Crippen molar-refractivity contribution in [2.45, 2.75) is 32.4 Å². The molecule has 8 nitrogen and oxygen atoms in total. The van der Waals surface area contributed by atoms with Gasteiger partial charge < -0.3 is 20.3 Å². The molecule has 2 amide bonds. The van der Waals surface area contributed by atoms with Crippen LogP contribution in [0.15, 0.2) is 43.0 Å². The predicted molar refractivity (Wildman–Crippen MR) is 105 cm³/mol. The number of pyridine rings is 2. The van der Waals surface area contributed by atoms with Crippen molar-refractivity contribution in [1.82, 2.24) is 20.2 Å². The monoisotopic (exact) mass is 383 g/mol. The first-order valence-corrected chi connectivity index (χ1v) is 9.46. The van der Waals surface area contributed by atoms with E-state index in [2.05, 4.69) is 20.6 Å². The fraction of sp³-hybridized carbons (Fsp3) is 0.400. The summed E-state index contributed by atoms with van der Waals surface area (Å²) >= 11 is 0. The summed E-state index contributed by atoms with van der Waals surface area (Å²) in [6.45, 7) is 3.94. The fourth-order valence-electron chi connectivity index (χ4n) is 3.06. The summed E-state index contributed by atoms with van der Waals surface area (Å²) in [7, 11) is 0. The maximum Gasteiger partial charge on any atom is 0.409 e. The Morgan fingerprint density at radius 3 is 2.64 bits per heavy atom. The van der Waals surface area contributed by atoms with Gasteiger partial charge in [0, 0.05) is 50.5 Å². The summed E-state index contributed by atoms with van der Waals surface area (Å²) < 4.78 is 5.02. The first-order chi connectivity index (χ1) is 13.7. The van der Waals surface area contributed by atoms with Crippen molar-refractivity contribution in [3.05, 3.63) is 54.1 Å². The maximum atomic E-state index is 12.6. The number of anilines is 1. The van der Waals surface area contributed by atoms with E-state index in [4.69, 9.17) is 4.74 Å². The molecule has 0 saturated carbocycles. The second kappa shape index (κ2) is 9.68. The first-order valence-electron chi connectivity index (χ1n) is 9.46. The number of piperidine rings is 1. The van der Waals surface area contributed by atoms with Crippen LogP contribution in [0.25, 0.3) is 0 Å². The Morgan fingerprint density at radius 2 is 1.93 bits per heavy atom. The summed E-state index contributed by atoms with van der Waals surface area (Å²) in [5.74, 6) is -0.158. The highest BCUT2D eigenvalue weighted by molar-refractivity contribution is 5.94. The summed E-state index contributed by atoms with van der Waals surface area (Å²) in [4.78, 5) is 34.1. The van der Waals surface area contributed by atoms with Gasteiger partial charge in [0.05, 0.1) is 17.9 Å². The third-order valence-corrected chi connectivity index (χ3v) is 4.60. The number of ether oxygens (including phenoxy) is 1. The van der Waals surface area contributed by atoms with Crippen molar-refractivity contribution >= 4 is 17.7 Å². The molecule has 3 rings (SSSR count). The molecule has 1 fully saturated rings. The van der Waals surface area contributed by atoms with Crippen LogP contribution in [-0.4, -0.2) is 52.6 Å². The van der Waals surface area contributed by atoms with Crippen LogP contribution in [0.1, 0.15) is 35.7 Å². The Morgan fingerprint density at radius 1 is 1.18 bits per heavy atom. The van der Waals surface area contributed by atoms with Gasteiger partial charge in [-0.15, -0.1) is 0 Å². The Balaban J connectivity index is 1.50. The molecule has 2 aromatic rings. The van der Waals surface area contributed by atoms with Crippen LogP contribution >= 0.6 is 0 Å². The van der Waals surface area contributed by atoms with Crippen LogP contribution in [0.2, 0.25) is 0 Å². The van der Waals surface area contributed by atoms with Crippen molar-refractivity contribution in [2.75, 3.05) is 25.0 Å². The molecule has 148 valence electrons. The van der Waals surface area contributed by atoms with Gasteiger partial charge in [-0.2, -0.15) is 0 Å². The van der Waals surface area contributed by atoms with Crippen molar-refractivity contribution in [2.24, 2.45) is 0 Å².